The Balaban J connectivity index is 1.93. The highest BCUT2D eigenvalue weighted by molar-refractivity contribution is 6.06. The van der Waals surface area contributed by atoms with E-state index in [4.69, 9.17) is 0 Å². The first kappa shape index (κ1) is 20.1. The average molecular weight is 385 g/mol. The number of carboxylic acids is 1. The Kier molecular flexibility index (Phi) is 6.59. The first-order valence-corrected chi connectivity index (χ1v) is 9.53. The lowest BCUT2D eigenvalue weighted by molar-refractivity contribution is -0.132. The zero-order chi connectivity index (χ0) is 20.6. The van der Waals surface area contributed by atoms with E-state index >= 15 is 0 Å². The monoisotopic (exact) mass is 385 g/mol. The molecular formula is C25H23NO3. The summed E-state index contributed by atoms with van der Waals surface area (Å²) in [5.74, 6) is -1.00. The van der Waals surface area contributed by atoms with Crippen LogP contribution in [0, 0.1) is 0 Å². The molecule has 0 aromatic heterocycles. The highest BCUT2D eigenvalue weighted by Crippen LogP contribution is 2.22. The molecule has 0 saturated heterocycles. The van der Waals surface area contributed by atoms with E-state index in [0.717, 1.165) is 16.8 Å². The third kappa shape index (κ3) is 5.20. The van der Waals surface area contributed by atoms with E-state index in [2.05, 4.69) is 0 Å². The second-order valence-corrected chi connectivity index (χ2v) is 6.66. The van der Waals surface area contributed by atoms with E-state index in [1.807, 2.05) is 79.7 Å². The lowest BCUT2D eigenvalue weighted by Gasteiger charge is -2.23. The van der Waals surface area contributed by atoms with Gasteiger partial charge in [0.05, 0.1) is 6.54 Å². The minimum absolute atomic E-state index is 0.0856. The predicted octanol–water partition coefficient (Wildman–Crippen LogP) is 5.41. The van der Waals surface area contributed by atoms with Crippen LogP contribution in [-0.4, -0.2) is 17.0 Å². The summed E-state index contributed by atoms with van der Waals surface area (Å²) in [4.78, 5) is 26.2. The van der Waals surface area contributed by atoms with Crippen LogP contribution in [0.5, 0.6) is 0 Å². The minimum atomic E-state index is -0.915. The summed E-state index contributed by atoms with van der Waals surface area (Å²) >= 11 is 0. The van der Waals surface area contributed by atoms with Crippen LogP contribution in [0.2, 0.25) is 0 Å². The van der Waals surface area contributed by atoms with Gasteiger partial charge in [-0.2, -0.15) is 0 Å². The fourth-order valence-electron chi connectivity index (χ4n) is 3.05. The molecule has 0 saturated carbocycles. The van der Waals surface area contributed by atoms with Gasteiger partial charge in [0.15, 0.2) is 0 Å². The summed E-state index contributed by atoms with van der Waals surface area (Å²) in [7, 11) is 0. The number of aliphatic carboxylic acids is 1. The van der Waals surface area contributed by atoms with Crippen LogP contribution in [0.1, 0.15) is 34.8 Å². The topological polar surface area (TPSA) is 57.6 Å². The summed E-state index contributed by atoms with van der Waals surface area (Å²) in [5, 5.41) is 9.22. The van der Waals surface area contributed by atoms with Gasteiger partial charge in [-0.05, 0) is 47.9 Å². The molecule has 146 valence electrons. The van der Waals surface area contributed by atoms with Gasteiger partial charge in [0, 0.05) is 16.8 Å². The van der Waals surface area contributed by atoms with Crippen molar-refractivity contribution in [3.63, 3.8) is 0 Å². The maximum Gasteiger partial charge on any atom is 0.331 e. The molecule has 1 N–H and O–H groups in total. The van der Waals surface area contributed by atoms with Gasteiger partial charge in [0.1, 0.15) is 0 Å². The molecule has 0 bridgehead atoms. The van der Waals surface area contributed by atoms with E-state index < -0.39 is 5.97 Å². The zero-order valence-electron chi connectivity index (χ0n) is 16.3. The lowest BCUT2D eigenvalue weighted by atomic mass is 10.1. The molecule has 0 aliphatic rings. The zero-order valence-corrected chi connectivity index (χ0v) is 16.3. The molecule has 0 heterocycles. The number of carbonyl (C=O) groups excluding carboxylic acids is 1. The second kappa shape index (κ2) is 9.51. The van der Waals surface area contributed by atoms with Crippen molar-refractivity contribution in [3.05, 3.63) is 107 Å². The first-order valence-electron chi connectivity index (χ1n) is 9.53. The SMILES string of the molecule is CC/C(=C\c1ccc(N(Cc2ccccc2)C(=O)c2ccccc2)cc1)C(=O)O. The molecule has 0 atom stereocenters. The molecular weight excluding hydrogens is 362 g/mol. The third-order valence-corrected chi connectivity index (χ3v) is 4.65. The molecule has 4 heteroatoms. The highest BCUT2D eigenvalue weighted by atomic mass is 16.4. The predicted molar refractivity (Wildman–Crippen MR) is 116 cm³/mol. The van der Waals surface area contributed by atoms with Gasteiger partial charge in [0.2, 0.25) is 0 Å². The minimum Gasteiger partial charge on any atom is -0.478 e. The average Bonchev–Trinajstić information content (AvgIpc) is 2.77. The number of hydrogen-bond donors (Lipinski definition) is 1. The third-order valence-electron chi connectivity index (χ3n) is 4.65. The van der Waals surface area contributed by atoms with Gasteiger partial charge in [-0.25, -0.2) is 4.79 Å². The molecule has 3 rings (SSSR count). The smallest absolute Gasteiger partial charge is 0.331 e. The van der Waals surface area contributed by atoms with Crippen LogP contribution in [0.4, 0.5) is 5.69 Å². The maximum absolute atomic E-state index is 13.2. The number of carbonyl (C=O) groups is 2. The summed E-state index contributed by atoms with van der Waals surface area (Å²) in [5.41, 5.74) is 3.54. The van der Waals surface area contributed by atoms with Crippen molar-refractivity contribution in [1.82, 2.24) is 0 Å². The molecule has 0 fully saturated rings. The van der Waals surface area contributed by atoms with Gasteiger partial charge in [-0.1, -0.05) is 67.6 Å². The molecule has 3 aromatic rings. The van der Waals surface area contributed by atoms with Crippen molar-refractivity contribution >= 4 is 23.6 Å². The van der Waals surface area contributed by atoms with Crippen molar-refractivity contribution in [2.75, 3.05) is 4.90 Å². The number of amides is 1. The van der Waals surface area contributed by atoms with E-state index in [1.54, 1.807) is 23.1 Å². The lowest BCUT2D eigenvalue weighted by Crippen LogP contribution is -2.30. The van der Waals surface area contributed by atoms with Gasteiger partial charge < -0.3 is 10.0 Å². The van der Waals surface area contributed by atoms with Crippen molar-refractivity contribution in [3.8, 4) is 0 Å². The second-order valence-electron chi connectivity index (χ2n) is 6.66. The Hall–Kier alpha value is -3.66. The summed E-state index contributed by atoms with van der Waals surface area (Å²) in [6, 6.07) is 26.4. The van der Waals surface area contributed by atoms with Crippen LogP contribution in [0.25, 0.3) is 6.08 Å². The molecule has 29 heavy (non-hydrogen) atoms. The van der Waals surface area contributed by atoms with Crippen molar-refractivity contribution < 1.29 is 14.7 Å². The first-order chi connectivity index (χ1) is 14.1. The van der Waals surface area contributed by atoms with E-state index in [1.165, 1.54) is 0 Å². The largest absolute Gasteiger partial charge is 0.478 e. The number of rotatable bonds is 7. The Morgan fingerprint density at radius 2 is 1.45 bits per heavy atom. The van der Waals surface area contributed by atoms with Crippen molar-refractivity contribution in [1.29, 1.82) is 0 Å². The Morgan fingerprint density at radius 3 is 2.00 bits per heavy atom. The molecule has 0 radical (unpaired) electrons. The van der Waals surface area contributed by atoms with Crippen LogP contribution >= 0.6 is 0 Å². The number of carboxylic acid groups (broad SMARTS) is 1. The Labute approximate surface area is 170 Å². The Bertz CT molecular complexity index is 993. The molecule has 0 spiro atoms. The van der Waals surface area contributed by atoms with Crippen LogP contribution in [0.15, 0.2) is 90.5 Å². The molecule has 0 aliphatic heterocycles. The van der Waals surface area contributed by atoms with Gasteiger partial charge in [-0.15, -0.1) is 0 Å². The van der Waals surface area contributed by atoms with E-state index in [9.17, 15) is 14.7 Å². The fourth-order valence-corrected chi connectivity index (χ4v) is 3.05. The fraction of sp³-hybridized carbons (Fsp3) is 0.120. The van der Waals surface area contributed by atoms with Gasteiger partial charge in [0.25, 0.3) is 5.91 Å². The number of benzene rings is 3. The van der Waals surface area contributed by atoms with Crippen LogP contribution in [0.3, 0.4) is 0 Å². The van der Waals surface area contributed by atoms with Crippen LogP contribution in [-0.2, 0) is 11.3 Å². The van der Waals surface area contributed by atoms with Gasteiger partial charge in [-0.3, -0.25) is 4.79 Å². The summed E-state index contributed by atoms with van der Waals surface area (Å²) < 4.78 is 0. The quantitative estimate of drug-likeness (QED) is 0.553. The molecule has 3 aromatic carbocycles. The molecule has 0 unspecified atom stereocenters. The molecule has 4 nitrogen and oxygen atoms in total. The highest BCUT2D eigenvalue weighted by Gasteiger charge is 2.18. The van der Waals surface area contributed by atoms with E-state index in [0.29, 0.717) is 24.1 Å². The standard InChI is InChI=1S/C25H23NO3/c1-2-21(25(28)29)17-19-13-15-23(16-14-19)26(18-20-9-5-3-6-10-20)24(27)22-11-7-4-8-12-22/h3-17H,2,18H2,1H3,(H,28,29)/b21-17+. The number of nitrogens with zero attached hydrogens (tertiary/aromatic N) is 1. The Morgan fingerprint density at radius 1 is 0.862 bits per heavy atom. The van der Waals surface area contributed by atoms with Crippen molar-refractivity contribution in [2.45, 2.75) is 19.9 Å². The van der Waals surface area contributed by atoms with Gasteiger partial charge >= 0.3 is 5.97 Å². The van der Waals surface area contributed by atoms with E-state index in [-0.39, 0.29) is 5.91 Å². The molecule has 1 amide bonds. The number of hydrogen-bond acceptors (Lipinski definition) is 2. The molecule has 0 aliphatic carbocycles. The summed E-state index contributed by atoms with van der Waals surface area (Å²) in [6.45, 7) is 2.26. The maximum atomic E-state index is 13.2. The van der Waals surface area contributed by atoms with Crippen molar-refractivity contribution in [2.24, 2.45) is 0 Å². The number of anilines is 1. The normalized spacial score (nSPS) is 11.1. The summed E-state index contributed by atoms with van der Waals surface area (Å²) in [6.07, 6.45) is 2.11. The van der Waals surface area contributed by atoms with Crippen LogP contribution < -0.4 is 4.90 Å².